The fourth-order valence-electron chi connectivity index (χ4n) is 7.95. The van der Waals surface area contributed by atoms with Gasteiger partial charge >= 0.3 is 5.97 Å². The van der Waals surface area contributed by atoms with Crippen molar-refractivity contribution in [2.45, 2.75) is 88.7 Å². The molecule has 2 aromatic carbocycles. The molecule has 246 valence electrons. The van der Waals surface area contributed by atoms with E-state index >= 15 is 4.11 Å². The van der Waals surface area contributed by atoms with E-state index in [0.717, 1.165) is 12.0 Å². The average Bonchev–Trinajstić information content (AvgIpc) is 3.64. The van der Waals surface area contributed by atoms with Crippen LogP contribution in [-0.2, 0) is 40.8 Å². The van der Waals surface area contributed by atoms with Crippen molar-refractivity contribution in [2.75, 3.05) is 23.0 Å². The van der Waals surface area contributed by atoms with Gasteiger partial charge in [0.1, 0.15) is 0 Å². The van der Waals surface area contributed by atoms with Gasteiger partial charge in [-0.15, -0.1) is 0 Å². The van der Waals surface area contributed by atoms with Crippen LogP contribution in [0.3, 0.4) is 0 Å². The third-order valence-electron chi connectivity index (χ3n) is 9.97. The van der Waals surface area contributed by atoms with E-state index in [-0.39, 0.29) is 49.8 Å². The Morgan fingerprint density at radius 2 is 1.89 bits per heavy atom. The van der Waals surface area contributed by atoms with Gasteiger partial charge in [0.2, 0.25) is 20.2 Å². The number of nitrogens with zero attached hydrogens (tertiary/aromatic N) is 3. The van der Waals surface area contributed by atoms with Gasteiger partial charge in [0.15, 0.2) is 11.8 Å². The molecule has 4 aliphatic rings. The van der Waals surface area contributed by atoms with Crippen LogP contribution in [0.25, 0.3) is 0 Å². The zero-order chi connectivity index (χ0) is 33.1. The Morgan fingerprint density at radius 3 is 2.52 bits per heavy atom. The Bertz CT molecular complexity index is 1570. The summed E-state index contributed by atoms with van der Waals surface area (Å²) in [5.41, 5.74) is 0.308. The van der Waals surface area contributed by atoms with E-state index in [4.69, 9.17) is 21.1 Å². The van der Waals surface area contributed by atoms with Crippen LogP contribution in [0.2, 0.25) is 23.7 Å². The van der Waals surface area contributed by atoms with Crippen molar-refractivity contribution in [2.24, 2.45) is 5.92 Å². The van der Waals surface area contributed by atoms with Gasteiger partial charge in [0, 0.05) is 41.2 Å². The number of hydrogen-bond acceptors (Lipinski definition) is 7. The second-order valence-electron chi connectivity index (χ2n) is 13.3. The van der Waals surface area contributed by atoms with Gasteiger partial charge < -0.3 is 28.5 Å². The van der Waals surface area contributed by atoms with Crippen LogP contribution in [-0.4, -0.2) is 73.6 Å². The third-order valence-corrected chi connectivity index (χ3v) is 12.7. The minimum Gasteiger partial charge on any atom is -0.441 e. The smallest absolute Gasteiger partial charge is 0.304 e. The zero-order valence-corrected chi connectivity index (χ0v) is 28.1. The fourth-order valence-corrected chi connectivity index (χ4v) is 10.6. The number of halogens is 2. The van der Waals surface area contributed by atoms with Gasteiger partial charge in [-0.3, -0.25) is 24.1 Å². The van der Waals surface area contributed by atoms with E-state index in [9.17, 15) is 24.3 Å². The van der Waals surface area contributed by atoms with Crippen molar-refractivity contribution in [3.63, 3.8) is 0 Å². The van der Waals surface area contributed by atoms with Crippen LogP contribution < -0.4 is 9.80 Å². The average molecular weight is 672 g/mol. The molecule has 2 aromatic rings. The lowest BCUT2D eigenvalue weighted by Crippen LogP contribution is -2.54. The van der Waals surface area contributed by atoms with E-state index in [2.05, 4.69) is 0 Å². The molecule has 0 aliphatic carbocycles. The molecule has 0 aromatic heterocycles. The zero-order valence-electron chi connectivity index (χ0n) is 26.4. The molecule has 46 heavy (non-hydrogen) atoms. The SMILES string of the molecule is CC(=O)OC1CC(=O)N1c1ccc(CN2C(=O)[C@]3(O[C@H](CC(=O)N4CCC[C@H]4CO)[C@@H]([Si](C)(C)F)[C@@H]3C)c3cc(Cl)ccc32)cc1. The van der Waals surface area contributed by atoms with Crippen LogP contribution in [0.15, 0.2) is 42.5 Å². The number of fused-ring (bicyclic) bond motifs is 2. The van der Waals surface area contributed by atoms with Gasteiger partial charge in [-0.25, -0.2) is 0 Å². The van der Waals surface area contributed by atoms with Gasteiger partial charge in [-0.1, -0.05) is 30.7 Å². The summed E-state index contributed by atoms with van der Waals surface area (Å²) in [6, 6.07) is 12.0. The summed E-state index contributed by atoms with van der Waals surface area (Å²) in [6.45, 7) is 6.87. The molecule has 10 nitrogen and oxygen atoms in total. The molecule has 3 saturated heterocycles. The van der Waals surface area contributed by atoms with Crippen molar-refractivity contribution in [3.8, 4) is 0 Å². The second-order valence-corrected chi connectivity index (χ2v) is 17.5. The standard InChI is InChI=1S/C33H39ClFN3O7Si/c1-19-31(46(3,4)35)27(15-28(41)36-13-5-6-24(36)18-39)45-33(19)25-14-22(34)9-12-26(25)37(32(33)43)17-21-7-10-23(11-8-21)38-29(42)16-30(38)44-20(2)40/h7-12,14,19,24,27,30-31,39H,5-6,13,15-18H2,1-4H3/t19-,24-,27+,30?,31-,33+/m0/s1. The maximum absolute atomic E-state index is 16.2. The molecular formula is C33H39ClFN3O7Si. The first-order chi connectivity index (χ1) is 21.8. The Balaban J connectivity index is 1.30. The number of ether oxygens (including phenoxy) is 2. The van der Waals surface area contributed by atoms with Crippen LogP contribution in [0, 0.1) is 5.92 Å². The summed E-state index contributed by atoms with van der Waals surface area (Å²) in [5.74, 6) is -1.77. The quantitative estimate of drug-likeness (QED) is 0.188. The molecule has 0 bridgehead atoms. The third kappa shape index (κ3) is 5.42. The highest BCUT2D eigenvalue weighted by molar-refractivity contribution is 6.72. The first-order valence-electron chi connectivity index (χ1n) is 15.7. The first-order valence-corrected chi connectivity index (χ1v) is 19.1. The Labute approximate surface area is 273 Å². The Morgan fingerprint density at radius 1 is 1.17 bits per heavy atom. The minimum absolute atomic E-state index is 0.0815. The summed E-state index contributed by atoms with van der Waals surface area (Å²) in [6.07, 6.45) is 0.0594. The van der Waals surface area contributed by atoms with Crippen molar-refractivity contribution in [1.29, 1.82) is 0 Å². The molecule has 0 radical (unpaired) electrons. The number of rotatable bonds is 8. The monoisotopic (exact) mass is 671 g/mol. The Hall–Kier alpha value is -3.32. The summed E-state index contributed by atoms with van der Waals surface area (Å²) >= 11 is 6.48. The number of carbonyl (C=O) groups is 4. The van der Waals surface area contributed by atoms with Crippen molar-refractivity contribution in [1.82, 2.24) is 4.90 Å². The normalized spacial score (nSPS) is 29.0. The molecular weight excluding hydrogens is 633 g/mol. The number of esters is 1. The number of likely N-dealkylation sites (tertiary alicyclic amines) is 1. The minimum atomic E-state index is -3.49. The van der Waals surface area contributed by atoms with Crippen molar-refractivity contribution < 1.29 is 37.9 Å². The highest BCUT2D eigenvalue weighted by Crippen LogP contribution is 2.60. The van der Waals surface area contributed by atoms with Crippen LogP contribution in [0.1, 0.15) is 50.7 Å². The molecule has 1 N–H and O–H groups in total. The molecule has 6 atom stereocenters. The molecule has 3 amide bonds. The number of aliphatic hydroxyl groups is 1. The maximum atomic E-state index is 16.2. The van der Waals surface area contributed by atoms with Gasteiger partial charge in [0.05, 0.1) is 43.8 Å². The fraction of sp³-hybridized carbons (Fsp3) is 0.515. The lowest BCUT2D eigenvalue weighted by atomic mass is 9.82. The number of hydrogen-bond donors (Lipinski definition) is 1. The molecule has 4 aliphatic heterocycles. The highest BCUT2D eigenvalue weighted by atomic mass is 35.5. The molecule has 13 heteroatoms. The maximum Gasteiger partial charge on any atom is 0.304 e. The summed E-state index contributed by atoms with van der Waals surface area (Å²) < 4.78 is 28.1. The number of amides is 3. The summed E-state index contributed by atoms with van der Waals surface area (Å²) in [4.78, 5) is 56.5. The predicted molar refractivity (Wildman–Crippen MR) is 171 cm³/mol. The number of β-lactam (4-membered cyclic amide) rings is 1. The second kappa shape index (κ2) is 12.0. The highest BCUT2D eigenvalue weighted by Gasteiger charge is 2.67. The van der Waals surface area contributed by atoms with Gasteiger partial charge in [-0.2, -0.15) is 0 Å². The Kier molecular flexibility index (Phi) is 8.54. The predicted octanol–water partition coefficient (Wildman–Crippen LogP) is 4.66. The summed E-state index contributed by atoms with van der Waals surface area (Å²) in [5, 5.41) is 10.2. The molecule has 4 heterocycles. The van der Waals surface area contributed by atoms with E-state index in [1.807, 2.05) is 6.92 Å². The topological polar surface area (TPSA) is 117 Å². The van der Waals surface area contributed by atoms with E-state index in [0.29, 0.717) is 34.9 Å². The van der Waals surface area contributed by atoms with Crippen LogP contribution in [0.5, 0.6) is 0 Å². The molecule has 1 unspecified atom stereocenters. The van der Waals surface area contributed by atoms with Crippen LogP contribution in [0.4, 0.5) is 15.5 Å². The molecule has 3 fully saturated rings. The molecule has 0 saturated carbocycles. The van der Waals surface area contributed by atoms with Crippen LogP contribution >= 0.6 is 11.6 Å². The number of benzene rings is 2. The molecule has 1 spiro atoms. The van der Waals surface area contributed by atoms with Gasteiger partial charge in [-0.05, 0) is 61.8 Å². The number of aliphatic hydroxyl groups excluding tert-OH is 1. The van der Waals surface area contributed by atoms with E-state index < -0.39 is 43.8 Å². The molecule has 6 rings (SSSR count). The van der Waals surface area contributed by atoms with Crippen molar-refractivity contribution >= 4 is 55.1 Å². The van der Waals surface area contributed by atoms with E-state index in [1.165, 1.54) is 11.8 Å². The number of carbonyl (C=O) groups excluding carboxylic acids is 4. The number of anilines is 2. The van der Waals surface area contributed by atoms with Gasteiger partial charge in [0.25, 0.3) is 5.91 Å². The lowest BCUT2D eigenvalue weighted by molar-refractivity contribution is -0.154. The van der Waals surface area contributed by atoms with Crippen molar-refractivity contribution in [3.05, 3.63) is 58.6 Å². The lowest BCUT2D eigenvalue weighted by Gasteiger charge is -2.39. The first kappa shape index (κ1) is 32.6. The largest absolute Gasteiger partial charge is 0.441 e. The summed E-state index contributed by atoms with van der Waals surface area (Å²) in [7, 11) is -3.49. The van der Waals surface area contributed by atoms with E-state index in [1.54, 1.807) is 65.4 Å².